The van der Waals surface area contributed by atoms with Gasteiger partial charge in [0.1, 0.15) is 0 Å². The van der Waals surface area contributed by atoms with E-state index in [-0.39, 0.29) is 13.0 Å². The Morgan fingerprint density at radius 1 is 1.27 bits per heavy atom. The molecule has 2 atom stereocenters. The normalized spacial score (nSPS) is 20.8. The second kappa shape index (κ2) is 11.3. The molecule has 0 spiro atoms. The van der Waals surface area contributed by atoms with Crippen LogP contribution in [0.1, 0.15) is 71.1 Å². The Labute approximate surface area is 154 Å². The summed E-state index contributed by atoms with van der Waals surface area (Å²) in [6, 6.07) is -0.697. The molecule has 1 amide bonds. The lowest BCUT2D eigenvalue weighted by molar-refractivity contribution is -0.148. The predicted molar refractivity (Wildman–Crippen MR) is 95.1 cm³/mol. The molecule has 26 heavy (non-hydrogen) atoms. The molecule has 0 radical (unpaired) electrons. The molecule has 0 aromatic heterocycles. The van der Waals surface area contributed by atoms with Crippen LogP contribution >= 0.6 is 0 Å². The van der Waals surface area contributed by atoms with Crippen LogP contribution in [0.15, 0.2) is 12.2 Å². The molecule has 150 valence electrons. The minimum absolute atomic E-state index is 0.0992. The third-order valence-electron chi connectivity index (χ3n) is 4.64. The highest BCUT2D eigenvalue weighted by molar-refractivity contribution is 5.86. The van der Waals surface area contributed by atoms with E-state index in [0.29, 0.717) is 32.1 Å². The molecule has 1 aliphatic rings. The molecule has 1 rings (SSSR count). The number of alkyl halides is 2. The number of aliphatic hydroxyl groups excluding tert-OH is 1. The molecule has 1 aliphatic heterocycles. The van der Waals surface area contributed by atoms with Crippen LogP contribution in [-0.4, -0.2) is 51.6 Å². The summed E-state index contributed by atoms with van der Waals surface area (Å²) >= 11 is 0. The van der Waals surface area contributed by atoms with Gasteiger partial charge in [0, 0.05) is 19.4 Å². The zero-order chi connectivity index (χ0) is 19.6. The van der Waals surface area contributed by atoms with Gasteiger partial charge < -0.3 is 15.1 Å². The monoisotopic (exact) mass is 375 g/mol. The number of hydrogen-bond acceptors (Lipinski definition) is 3. The summed E-state index contributed by atoms with van der Waals surface area (Å²) in [5.74, 6) is -5.36. The van der Waals surface area contributed by atoms with E-state index in [2.05, 4.69) is 6.92 Å². The maximum atomic E-state index is 13.8. The second-order valence-electron chi connectivity index (χ2n) is 6.98. The number of hydrogen-bond donors (Lipinski definition) is 2. The highest BCUT2D eigenvalue weighted by Gasteiger charge is 2.52. The number of aliphatic carboxylic acids is 1. The number of carboxylic acid groups (broad SMARTS) is 1. The molecule has 0 aromatic rings. The van der Waals surface area contributed by atoms with E-state index < -0.39 is 36.4 Å². The minimum Gasteiger partial charge on any atom is -0.481 e. The van der Waals surface area contributed by atoms with Crippen LogP contribution in [-0.2, 0) is 9.59 Å². The quantitative estimate of drug-likeness (QED) is 0.380. The number of likely N-dealkylation sites (tertiary alicyclic amines) is 1. The van der Waals surface area contributed by atoms with Gasteiger partial charge >= 0.3 is 11.9 Å². The Kier molecular flexibility index (Phi) is 9.76. The summed E-state index contributed by atoms with van der Waals surface area (Å²) in [7, 11) is 0. The Balaban J connectivity index is 2.48. The number of amides is 1. The van der Waals surface area contributed by atoms with Crippen LogP contribution in [0.3, 0.4) is 0 Å². The fourth-order valence-corrected chi connectivity index (χ4v) is 3.13. The predicted octanol–water partition coefficient (Wildman–Crippen LogP) is 3.76. The zero-order valence-electron chi connectivity index (χ0n) is 15.5. The van der Waals surface area contributed by atoms with Crippen molar-refractivity contribution in [1.29, 1.82) is 0 Å². The van der Waals surface area contributed by atoms with Gasteiger partial charge in [0.25, 0.3) is 5.91 Å². The average molecular weight is 375 g/mol. The molecular weight excluding hydrogens is 344 g/mol. The van der Waals surface area contributed by atoms with Gasteiger partial charge in [0.15, 0.2) is 0 Å². The van der Waals surface area contributed by atoms with Crippen LogP contribution in [0.4, 0.5) is 8.78 Å². The first-order valence-corrected chi connectivity index (χ1v) is 9.55. The fraction of sp³-hybridized carbons (Fsp3) is 0.789. The van der Waals surface area contributed by atoms with E-state index in [9.17, 15) is 23.5 Å². The van der Waals surface area contributed by atoms with Crippen molar-refractivity contribution in [3.63, 3.8) is 0 Å². The largest absolute Gasteiger partial charge is 0.481 e. The standard InChI is InChI=1S/C19H31F2NO4/c1-2-3-6-9-16(23)12-11-15-14-19(20,21)18(26)22(15)13-8-5-4-7-10-17(24)25/h11-12,15-16,23H,2-10,13-14H2,1H3,(H,24,25)/t15-,16+/m0/s1. The number of halogens is 2. The van der Waals surface area contributed by atoms with Gasteiger partial charge in [0.2, 0.25) is 0 Å². The Morgan fingerprint density at radius 3 is 2.62 bits per heavy atom. The second-order valence-corrected chi connectivity index (χ2v) is 6.98. The topological polar surface area (TPSA) is 77.8 Å². The third-order valence-corrected chi connectivity index (χ3v) is 4.64. The van der Waals surface area contributed by atoms with Crippen molar-refractivity contribution in [2.24, 2.45) is 0 Å². The molecule has 7 heteroatoms. The molecular formula is C19H31F2NO4. The molecule has 0 bridgehead atoms. The molecule has 0 aliphatic carbocycles. The Hall–Kier alpha value is -1.50. The number of unbranched alkanes of at least 4 members (excludes halogenated alkanes) is 5. The molecule has 0 unspecified atom stereocenters. The van der Waals surface area contributed by atoms with E-state index >= 15 is 0 Å². The van der Waals surface area contributed by atoms with Crippen molar-refractivity contribution in [1.82, 2.24) is 4.90 Å². The van der Waals surface area contributed by atoms with Gasteiger partial charge in [-0.25, -0.2) is 0 Å². The summed E-state index contributed by atoms with van der Waals surface area (Å²) in [6.07, 6.45) is 7.94. The number of aliphatic hydroxyl groups is 1. The van der Waals surface area contributed by atoms with Crippen LogP contribution in [0.5, 0.6) is 0 Å². The smallest absolute Gasteiger partial charge is 0.327 e. The molecule has 1 heterocycles. The van der Waals surface area contributed by atoms with Gasteiger partial charge in [-0.15, -0.1) is 0 Å². The Morgan fingerprint density at radius 2 is 1.96 bits per heavy atom. The molecule has 0 saturated carbocycles. The number of nitrogens with zero attached hydrogens (tertiary/aromatic N) is 1. The first-order valence-electron chi connectivity index (χ1n) is 9.55. The maximum Gasteiger partial charge on any atom is 0.327 e. The van der Waals surface area contributed by atoms with Gasteiger partial charge in [-0.2, -0.15) is 8.78 Å². The van der Waals surface area contributed by atoms with Gasteiger partial charge in [-0.05, 0) is 19.3 Å². The van der Waals surface area contributed by atoms with Crippen molar-refractivity contribution >= 4 is 11.9 Å². The number of rotatable bonds is 13. The average Bonchev–Trinajstić information content (AvgIpc) is 2.78. The highest BCUT2D eigenvalue weighted by atomic mass is 19.3. The SMILES string of the molecule is CCCCC[C@@H](O)C=C[C@H]1CC(F)(F)C(=O)N1CCCCCCC(=O)O. The summed E-state index contributed by atoms with van der Waals surface area (Å²) < 4.78 is 27.6. The highest BCUT2D eigenvalue weighted by Crippen LogP contribution is 2.34. The summed E-state index contributed by atoms with van der Waals surface area (Å²) in [5, 5.41) is 18.5. The third kappa shape index (κ3) is 7.81. The lowest BCUT2D eigenvalue weighted by Crippen LogP contribution is -2.36. The summed E-state index contributed by atoms with van der Waals surface area (Å²) in [5.41, 5.74) is 0. The lowest BCUT2D eigenvalue weighted by Gasteiger charge is -2.22. The molecule has 0 aromatic carbocycles. The molecule has 2 N–H and O–H groups in total. The number of carbonyl (C=O) groups is 2. The van der Waals surface area contributed by atoms with E-state index in [0.717, 1.165) is 19.3 Å². The summed E-state index contributed by atoms with van der Waals surface area (Å²) in [6.45, 7) is 2.29. The van der Waals surface area contributed by atoms with Crippen LogP contribution in [0.25, 0.3) is 0 Å². The number of carboxylic acids is 1. The van der Waals surface area contributed by atoms with Crippen LogP contribution in [0, 0.1) is 0 Å². The van der Waals surface area contributed by atoms with E-state index in [1.54, 1.807) is 0 Å². The minimum atomic E-state index is -3.36. The van der Waals surface area contributed by atoms with E-state index in [1.807, 2.05) is 0 Å². The van der Waals surface area contributed by atoms with Crippen molar-refractivity contribution in [2.45, 2.75) is 89.2 Å². The van der Waals surface area contributed by atoms with Gasteiger partial charge in [-0.3, -0.25) is 9.59 Å². The van der Waals surface area contributed by atoms with E-state index in [4.69, 9.17) is 5.11 Å². The van der Waals surface area contributed by atoms with Gasteiger partial charge in [-0.1, -0.05) is 51.2 Å². The molecule has 1 saturated heterocycles. The molecule has 5 nitrogen and oxygen atoms in total. The van der Waals surface area contributed by atoms with Crippen molar-refractivity contribution < 1.29 is 28.6 Å². The summed E-state index contributed by atoms with van der Waals surface area (Å²) in [4.78, 5) is 23.5. The lowest BCUT2D eigenvalue weighted by atomic mass is 10.1. The maximum absolute atomic E-state index is 13.8. The first kappa shape index (κ1) is 22.5. The van der Waals surface area contributed by atoms with Crippen molar-refractivity contribution in [3.05, 3.63) is 12.2 Å². The van der Waals surface area contributed by atoms with Crippen LogP contribution < -0.4 is 0 Å². The Bertz CT molecular complexity index is 482. The van der Waals surface area contributed by atoms with Crippen LogP contribution in [0.2, 0.25) is 0 Å². The zero-order valence-corrected chi connectivity index (χ0v) is 15.5. The van der Waals surface area contributed by atoms with Crippen molar-refractivity contribution in [3.8, 4) is 0 Å². The fourth-order valence-electron chi connectivity index (χ4n) is 3.13. The van der Waals surface area contributed by atoms with E-state index in [1.165, 1.54) is 17.1 Å². The van der Waals surface area contributed by atoms with Crippen molar-refractivity contribution in [2.75, 3.05) is 6.54 Å². The number of carbonyl (C=O) groups excluding carboxylic acids is 1. The first-order chi connectivity index (χ1) is 12.3. The molecule has 1 fully saturated rings. The van der Waals surface area contributed by atoms with Gasteiger partial charge in [0.05, 0.1) is 12.1 Å².